The molecule has 114 valence electrons. The van der Waals surface area contributed by atoms with E-state index in [9.17, 15) is 0 Å². The molecule has 1 nitrogen and oxygen atoms in total. The normalized spacial score (nSPS) is 10.9. The van der Waals surface area contributed by atoms with Crippen LogP contribution in [0.1, 0.15) is 76.8 Å². The molecule has 1 heterocycles. The second kappa shape index (κ2) is 11.7. The highest BCUT2D eigenvalue weighted by Gasteiger charge is 2.02. The predicted octanol–water partition coefficient (Wildman–Crippen LogP) is 7.07. The Morgan fingerprint density at radius 3 is 1.95 bits per heavy atom. The summed E-state index contributed by atoms with van der Waals surface area (Å²) in [5, 5.41) is 0. The Morgan fingerprint density at radius 1 is 0.800 bits per heavy atom. The quantitative estimate of drug-likeness (QED) is 0.283. The van der Waals surface area contributed by atoms with Gasteiger partial charge >= 0.3 is 0 Å². The zero-order chi connectivity index (χ0) is 14.6. The van der Waals surface area contributed by atoms with Gasteiger partial charge in [0.1, 0.15) is 4.60 Å². The standard InChI is InChI=1S/C17H27Br2N/c1-2-3-4-5-6-7-8-9-10-11-12-16-15(18)13-14-17(19)20-16/h13-14H,2-12H2,1H3. The molecule has 0 spiro atoms. The first-order chi connectivity index (χ1) is 9.74. The van der Waals surface area contributed by atoms with Crippen molar-refractivity contribution >= 4 is 31.9 Å². The summed E-state index contributed by atoms with van der Waals surface area (Å²) in [5.74, 6) is 0. The SMILES string of the molecule is CCCCCCCCCCCCc1nc(Br)ccc1Br. The first kappa shape index (κ1) is 18.2. The van der Waals surface area contributed by atoms with Crippen LogP contribution in [0.5, 0.6) is 0 Å². The number of unbranched alkanes of at least 4 members (excludes halogenated alkanes) is 9. The minimum absolute atomic E-state index is 0.933. The largest absolute Gasteiger partial charge is 0.245 e. The molecule has 0 saturated carbocycles. The Hall–Kier alpha value is 0.110. The van der Waals surface area contributed by atoms with E-state index in [1.165, 1.54) is 69.9 Å². The fourth-order valence-corrected chi connectivity index (χ4v) is 3.18. The molecule has 1 aromatic heterocycles. The maximum Gasteiger partial charge on any atom is 0.106 e. The molecule has 0 N–H and O–H groups in total. The van der Waals surface area contributed by atoms with E-state index >= 15 is 0 Å². The van der Waals surface area contributed by atoms with Gasteiger partial charge in [-0.05, 0) is 56.8 Å². The van der Waals surface area contributed by atoms with E-state index in [-0.39, 0.29) is 0 Å². The summed E-state index contributed by atoms with van der Waals surface area (Å²) < 4.78 is 2.07. The Labute approximate surface area is 141 Å². The highest BCUT2D eigenvalue weighted by Crippen LogP contribution is 2.20. The lowest BCUT2D eigenvalue weighted by atomic mass is 10.1. The van der Waals surface area contributed by atoms with Gasteiger partial charge in [0.05, 0.1) is 5.69 Å². The summed E-state index contributed by atoms with van der Waals surface area (Å²) in [4.78, 5) is 4.52. The number of hydrogen-bond acceptors (Lipinski definition) is 1. The minimum Gasteiger partial charge on any atom is -0.245 e. The summed E-state index contributed by atoms with van der Waals surface area (Å²) in [6.45, 7) is 2.28. The number of aryl methyl sites for hydroxylation is 1. The molecule has 3 heteroatoms. The van der Waals surface area contributed by atoms with E-state index in [4.69, 9.17) is 0 Å². The first-order valence-electron chi connectivity index (χ1n) is 8.05. The number of nitrogens with zero attached hydrogens (tertiary/aromatic N) is 1. The van der Waals surface area contributed by atoms with Gasteiger partial charge in [0, 0.05) is 4.47 Å². The average Bonchev–Trinajstić information content (AvgIpc) is 2.44. The van der Waals surface area contributed by atoms with Crippen LogP contribution >= 0.6 is 31.9 Å². The van der Waals surface area contributed by atoms with Crippen LogP contribution in [0.3, 0.4) is 0 Å². The van der Waals surface area contributed by atoms with Crippen molar-refractivity contribution < 1.29 is 0 Å². The molecular weight excluding hydrogens is 378 g/mol. The molecule has 0 fully saturated rings. The Balaban J connectivity index is 1.98. The maximum atomic E-state index is 4.52. The molecule has 0 unspecified atom stereocenters. The van der Waals surface area contributed by atoms with Crippen LogP contribution in [0.4, 0.5) is 0 Å². The number of aromatic nitrogens is 1. The number of hydrogen-bond donors (Lipinski definition) is 0. The third-order valence-electron chi connectivity index (χ3n) is 3.65. The molecule has 0 bridgehead atoms. The smallest absolute Gasteiger partial charge is 0.106 e. The van der Waals surface area contributed by atoms with Gasteiger partial charge in [0.25, 0.3) is 0 Å². The van der Waals surface area contributed by atoms with Crippen LogP contribution in [-0.4, -0.2) is 4.98 Å². The number of pyridine rings is 1. The van der Waals surface area contributed by atoms with E-state index in [1.54, 1.807) is 0 Å². The monoisotopic (exact) mass is 403 g/mol. The van der Waals surface area contributed by atoms with Crippen molar-refractivity contribution in [3.8, 4) is 0 Å². The van der Waals surface area contributed by atoms with Crippen molar-refractivity contribution in [3.05, 3.63) is 26.9 Å². The van der Waals surface area contributed by atoms with Crippen molar-refractivity contribution in [2.24, 2.45) is 0 Å². The molecule has 0 aliphatic rings. The van der Waals surface area contributed by atoms with E-state index in [2.05, 4.69) is 49.8 Å². The van der Waals surface area contributed by atoms with Crippen LogP contribution in [0.2, 0.25) is 0 Å². The van der Waals surface area contributed by atoms with E-state index < -0.39 is 0 Å². The third kappa shape index (κ3) is 8.41. The van der Waals surface area contributed by atoms with Crippen molar-refractivity contribution in [2.75, 3.05) is 0 Å². The van der Waals surface area contributed by atoms with Crippen LogP contribution < -0.4 is 0 Å². The van der Waals surface area contributed by atoms with Gasteiger partial charge in [0.15, 0.2) is 0 Å². The summed E-state index contributed by atoms with van der Waals surface area (Å²) >= 11 is 7.00. The third-order valence-corrected chi connectivity index (χ3v) is 4.82. The van der Waals surface area contributed by atoms with E-state index in [0.717, 1.165) is 15.5 Å². The molecule has 0 atom stereocenters. The van der Waals surface area contributed by atoms with Crippen molar-refractivity contribution in [2.45, 2.75) is 77.6 Å². The Bertz CT molecular complexity index is 366. The minimum atomic E-state index is 0.933. The van der Waals surface area contributed by atoms with Gasteiger partial charge < -0.3 is 0 Å². The first-order valence-corrected chi connectivity index (χ1v) is 9.63. The zero-order valence-corrected chi connectivity index (χ0v) is 15.8. The molecule has 20 heavy (non-hydrogen) atoms. The van der Waals surface area contributed by atoms with Crippen LogP contribution in [-0.2, 0) is 6.42 Å². The molecule has 0 saturated heterocycles. The Kier molecular flexibility index (Phi) is 10.7. The fraction of sp³-hybridized carbons (Fsp3) is 0.706. The van der Waals surface area contributed by atoms with E-state index in [0.29, 0.717) is 0 Å². The molecule has 0 aromatic carbocycles. The van der Waals surface area contributed by atoms with Gasteiger partial charge in [-0.25, -0.2) is 4.98 Å². The topological polar surface area (TPSA) is 12.9 Å². The van der Waals surface area contributed by atoms with Crippen LogP contribution in [0.25, 0.3) is 0 Å². The van der Waals surface area contributed by atoms with Crippen molar-refractivity contribution in [1.29, 1.82) is 0 Å². The fourth-order valence-electron chi connectivity index (χ4n) is 2.41. The molecule has 0 amide bonds. The summed E-state index contributed by atoms with van der Waals surface area (Å²) in [7, 11) is 0. The summed E-state index contributed by atoms with van der Waals surface area (Å²) in [5.41, 5.74) is 1.18. The molecule has 0 aliphatic carbocycles. The average molecular weight is 405 g/mol. The second-order valence-corrected chi connectivity index (χ2v) is 7.16. The maximum absolute atomic E-state index is 4.52. The predicted molar refractivity (Wildman–Crippen MR) is 95.2 cm³/mol. The molecule has 1 rings (SSSR count). The van der Waals surface area contributed by atoms with Crippen LogP contribution in [0, 0.1) is 0 Å². The molecular formula is C17H27Br2N. The highest BCUT2D eigenvalue weighted by molar-refractivity contribution is 9.11. The van der Waals surface area contributed by atoms with Gasteiger partial charge in [-0.2, -0.15) is 0 Å². The molecule has 0 radical (unpaired) electrons. The van der Waals surface area contributed by atoms with Gasteiger partial charge in [0.2, 0.25) is 0 Å². The van der Waals surface area contributed by atoms with Gasteiger partial charge in [-0.3, -0.25) is 0 Å². The highest BCUT2D eigenvalue weighted by atomic mass is 79.9. The van der Waals surface area contributed by atoms with Crippen LogP contribution in [0.15, 0.2) is 21.2 Å². The molecule has 1 aromatic rings. The lowest BCUT2D eigenvalue weighted by Crippen LogP contribution is -1.93. The van der Waals surface area contributed by atoms with Gasteiger partial charge in [-0.1, -0.05) is 64.7 Å². The second-order valence-electron chi connectivity index (χ2n) is 5.49. The lowest BCUT2D eigenvalue weighted by molar-refractivity contribution is 0.555. The van der Waals surface area contributed by atoms with E-state index in [1.807, 2.05) is 6.07 Å². The van der Waals surface area contributed by atoms with Crippen molar-refractivity contribution in [1.82, 2.24) is 4.98 Å². The summed E-state index contributed by atoms with van der Waals surface area (Å²) in [6, 6.07) is 4.05. The van der Waals surface area contributed by atoms with Gasteiger partial charge in [-0.15, -0.1) is 0 Å². The Morgan fingerprint density at radius 2 is 1.35 bits per heavy atom. The zero-order valence-electron chi connectivity index (χ0n) is 12.6. The molecule has 0 aliphatic heterocycles. The van der Waals surface area contributed by atoms with Crippen molar-refractivity contribution in [3.63, 3.8) is 0 Å². The lowest BCUT2D eigenvalue weighted by Gasteiger charge is -2.05. The number of halogens is 2. The number of rotatable bonds is 11. The summed E-state index contributed by atoms with van der Waals surface area (Å²) in [6.07, 6.45) is 14.9.